The molecular formula is C13H14F3N2-. The van der Waals surface area contributed by atoms with Gasteiger partial charge >= 0.3 is 6.18 Å². The van der Waals surface area contributed by atoms with Crippen LogP contribution in [0.5, 0.6) is 0 Å². The van der Waals surface area contributed by atoms with Gasteiger partial charge in [-0.3, -0.25) is 0 Å². The van der Waals surface area contributed by atoms with E-state index in [-0.39, 0.29) is 5.56 Å². The Balaban J connectivity index is 2.84. The highest BCUT2D eigenvalue weighted by Crippen LogP contribution is 2.32. The molecule has 0 fully saturated rings. The lowest BCUT2D eigenvalue weighted by Crippen LogP contribution is -2.08. The Morgan fingerprint density at radius 2 is 2.00 bits per heavy atom. The summed E-state index contributed by atoms with van der Waals surface area (Å²) in [7, 11) is 0. The van der Waals surface area contributed by atoms with Crippen LogP contribution in [0.1, 0.15) is 30.5 Å². The maximum absolute atomic E-state index is 12.6. The van der Waals surface area contributed by atoms with Crippen molar-refractivity contribution in [2.24, 2.45) is 5.92 Å². The van der Waals surface area contributed by atoms with Gasteiger partial charge in [-0.05, 0) is 12.1 Å². The Bertz CT molecular complexity index is 445. The maximum atomic E-state index is 12.6. The van der Waals surface area contributed by atoms with E-state index in [9.17, 15) is 13.2 Å². The fraction of sp³-hybridized carbons (Fsp3) is 0.462. The van der Waals surface area contributed by atoms with Crippen LogP contribution in [0.4, 0.5) is 13.2 Å². The first kappa shape index (κ1) is 14.5. The first-order valence-electron chi connectivity index (χ1n) is 5.58. The van der Waals surface area contributed by atoms with E-state index < -0.39 is 11.7 Å². The number of rotatable bonds is 4. The zero-order valence-corrected chi connectivity index (χ0v) is 10.3. The minimum atomic E-state index is -4.49. The molecule has 0 heterocycles. The number of nitrogens with zero attached hydrogens (tertiary/aromatic N) is 2. The number of alkyl halides is 3. The number of benzene rings is 1. The third kappa shape index (κ3) is 4.04. The number of nitriles is 1. The zero-order valence-electron chi connectivity index (χ0n) is 10.3. The minimum absolute atomic E-state index is 0.338. The molecular weight excluding hydrogens is 241 g/mol. The fourth-order valence-electron chi connectivity index (χ4n) is 1.48. The van der Waals surface area contributed by atoms with E-state index >= 15 is 0 Å². The molecule has 1 aromatic carbocycles. The van der Waals surface area contributed by atoms with Gasteiger partial charge in [0.25, 0.3) is 0 Å². The molecule has 0 aliphatic heterocycles. The second-order valence-electron chi connectivity index (χ2n) is 4.45. The number of hydrogen-bond acceptors (Lipinski definition) is 1. The minimum Gasteiger partial charge on any atom is -0.658 e. The summed E-state index contributed by atoms with van der Waals surface area (Å²) in [6.07, 6.45) is -4.49. The van der Waals surface area contributed by atoms with Crippen LogP contribution >= 0.6 is 0 Å². The van der Waals surface area contributed by atoms with Gasteiger partial charge in [0.1, 0.15) is 0 Å². The van der Waals surface area contributed by atoms with Gasteiger partial charge in [-0.2, -0.15) is 18.4 Å². The van der Waals surface area contributed by atoms with Gasteiger partial charge < -0.3 is 5.32 Å². The molecule has 0 unspecified atom stereocenters. The number of halogens is 3. The summed E-state index contributed by atoms with van der Waals surface area (Å²) < 4.78 is 37.7. The lowest BCUT2D eigenvalue weighted by atomic mass is 10.0. The molecule has 0 saturated heterocycles. The maximum Gasteiger partial charge on any atom is 0.417 e. The molecule has 1 rings (SSSR count). The largest absolute Gasteiger partial charge is 0.658 e. The van der Waals surface area contributed by atoms with Gasteiger partial charge in [-0.1, -0.05) is 31.4 Å². The van der Waals surface area contributed by atoms with Crippen molar-refractivity contribution >= 4 is 0 Å². The van der Waals surface area contributed by atoms with Crippen LogP contribution in [0.15, 0.2) is 18.2 Å². The van der Waals surface area contributed by atoms with Crippen LogP contribution in [0, 0.1) is 17.2 Å². The van der Waals surface area contributed by atoms with E-state index in [1.165, 1.54) is 12.1 Å². The monoisotopic (exact) mass is 255 g/mol. The smallest absolute Gasteiger partial charge is 0.417 e. The van der Waals surface area contributed by atoms with E-state index in [1.54, 1.807) is 6.07 Å². The fourth-order valence-corrected chi connectivity index (χ4v) is 1.48. The van der Waals surface area contributed by atoms with Crippen molar-refractivity contribution in [3.8, 4) is 6.07 Å². The van der Waals surface area contributed by atoms with Crippen molar-refractivity contribution in [1.29, 1.82) is 5.26 Å². The summed E-state index contributed by atoms with van der Waals surface area (Å²) >= 11 is 0. The molecule has 0 aliphatic rings. The molecule has 98 valence electrons. The third-order valence-corrected chi connectivity index (χ3v) is 2.30. The van der Waals surface area contributed by atoms with Crippen molar-refractivity contribution < 1.29 is 13.2 Å². The predicted octanol–water partition coefficient (Wildman–Crippen LogP) is 4.11. The second-order valence-corrected chi connectivity index (χ2v) is 4.45. The van der Waals surface area contributed by atoms with E-state index in [0.29, 0.717) is 24.6 Å². The Morgan fingerprint density at radius 3 is 2.50 bits per heavy atom. The highest BCUT2D eigenvalue weighted by atomic mass is 19.4. The van der Waals surface area contributed by atoms with Gasteiger partial charge in [0.15, 0.2) is 0 Å². The van der Waals surface area contributed by atoms with Crippen LogP contribution < -0.4 is 0 Å². The molecule has 18 heavy (non-hydrogen) atoms. The van der Waals surface area contributed by atoms with Crippen LogP contribution in [-0.2, 0) is 12.7 Å². The third-order valence-electron chi connectivity index (χ3n) is 2.30. The summed E-state index contributed by atoms with van der Waals surface area (Å²) in [5, 5.41) is 13.0. The van der Waals surface area contributed by atoms with Crippen LogP contribution in [-0.4, -0.2) is 6.54 Å². The Labute approximate surface area is 104 Å². The van der Waals surface area contributed by atoms with Gasteiger partial charge in [-0.15, -0.1) is 13.1 Å². The molecule has 0 saturated carbocycles. The van der Waals surface area contributed by atoms with E-state index in [4.69, 9.17) is 5.26 Å². The lowest BCUT2D eigenvalue weighted by Gasteiger charge is -2.22. The van der Waals surface area contributed by atoms with Gasteiger partial charge in [-0.25, -0.2) is 0 Å². The Morgan fingerprint density at radius 1 is 1.33 bits per heavy atom. The lowest BCUT2D eigenvalue weighted by molar-refractivity contribution is -0.137. The summed E-state index contributed by atoms with van der Waals surface area (Å²) in [6.45, 7) is 5.02. The Kier molecular flexibility index (Phi) is 4.74. The van der Waals surface area contributed by atoms with Crippen LogP contribution in [0.2, 0.25) is 0 Å². The summed E-state index contributed by atoms with van der Waals surface area (Å²) in [5.41, 5.74) is -0.613. The number of hydrogen-bond donors (Lipinski definition) is 0. The van der Waals surface area contributed by atoms with Gasteiger partial charge in [0.2, 0.25) is 0 Å². The predicted molar refractivity (Wildman–Crippen MR) is 62.9 cm³/mol. The molecule has 0 aromatic heterocycles. The van der Waals surface area contributed by atoms with Crippen LogP contribution in [0.25, 0.3) is 5.32 Å². The van der Waals surface area contributed by atoms with Crippen LogP contribution in [0.3, 0.4) is 0 Å². The molecule has 1 aromatic rings. The van der Waals surface area contributed by atoms with Gasteiger partial charge in [0, 0.05) is 0 Å². The molecule has 0 radical (unpaired) electrons. The quantitative estimate of drug-likeness (QED) is 0.797. The van der Waals surface area contributed by atoms with Crippen molar-refractivity contribution in [2.45, 2.75) is 26.6 Å². The van der Waals surface area contributed by atoms with E-state index in [0.717, 1.165) is 6.07 Å². The van der Waals surface area contributed by atoms with E-state index in [1.807, 2.05) is 13.8 Å². The molecule has 0 spiro atoms. The average molecular weight is 255 g/mol. The molecule has 2 nitrogen and oxygen atoms in total. The van der Waals surface area contributed by atoms with Crippen molar-refractivity contribution in [2.75, 3.05) is 6.54 Å². The highest BCUT2D eigenvalue weighted by Gasteiger charge is 2.33. The van der Waals surface area contributed by atoms with Crippen molar-refractivity contribution in [1.82, 2.24) is 0 Å². The topological polar surface area (TPSA) is 37.9 Å². The Hall–Kier alpha value is -1.54. The molecule has 0 atom stereocenters. The van der Waals surface area contributed by atoms with Crippen molar-refractivity contribution in [3.05, 3.63) is 40.2 Å². The summed E-state index contributed by atoms with van der Waals surface area (Å²) in [6, 6.07) is 5.15. The summed E-state index contributed by atoms with van der Waals surface area (Å²) in [5.74, 6) is 0.412. The molecule has 0 amide bonds. The van der Waals surface area contributed by atoms with E-state index in [2.05, 4.69) is 5.32 Å². The second kappa shape index (κ2) is 5.87. The SMILES string of the molecule is CC(C)C[N-]Cc1ccc(C(F)(F)F)c(C#N)c1. The average Bonchev–Trinajstić information content (AvgIpc) is 2.26. The first-order valence-corrected chi connectivity index (χ1v) is 5.58. The molecule has 0 N–H and O–H groups in total. The molecule has 5 heteroatoms. The summed E-state index contributed by atoms with van der Waals surface area (Å²) in [4.78, 5) is 0. The zero-order chi connectivity index (χ0) is 13.8. The van der Waals surface area contributed by atoms with Gasteiger partial charge in [0.05, 0.1) is 17.2 Å². The highest BCUT2D eigenvalue weighted by molar-refractivity contribution is 5.42. The molecule has 0 bridgehead atoms. The van der Waals surface area contributed by atoms with Crippen molar-refractivity contribution in [3.63, 3.8) is 0 Å². The standard InChI is InChI=1S/C13H14F3N2/c1-9(2)7-18-8-10-3-4-12(13(14,15)16)11(5-10)6-17/h3-5,9H,7-8H2,1-2H3/q-1. The molecule has 0 aliphatic carbocycles. The first-order chi connectivity index (χ1) is 8.34. The normalized spacial score (nSPS) is 11.6.